The average Bonchev–Trinajstić information content (AvgIpc) is 2.33. The highest BCUT2D eigenvalue weighted by Gasteiger charge is 2.11. The van der Waals surface area contributed by atoms with E-state index in [9.17, 15) is 9.59 Å². The number of rotatable bonds is 5. The molecule has 1 aromatic rings. The molecule has 5 nitrogen and oxygen atoms in total. The van der Waals surface area contributed by atoms with Gasteiger partial charge in [0.15, 0.2) is 0 Å². The van der Waals surface area contributed by atoms with Crippen LogP contribution in [0.4, 0.5) is 5.69 Å². The highest BCUT2D eigenvalue weighted by atomic mass is 35.5. The number of nitrogens with one attached hydrogen (secondary N) is 2. The number of benzene rings is 1. The second-order valence-electron chi connectivity index (χ2n) is 3.77. The summed E-state index contributed by atoms with van der Waals surface area (Å²) in [5.74, 6) is -0.622. The summed E-state index contributed by atoms with van der Waals surface area (Å²) in [5, 5.41) is 5.41. The second kappa shape index (κ2) is 8.61. The lowest BCUT2D eigenvalue weighted by Crippen LogP contribution is -2.37. The Morgan fingerprint density at radius 1 is 1.32 bits per heavy atom. The topological polar surface area (TPSA) is 84.2 Å². The van der Waals surface area contributed by atoms with Gasteiger partial charge in [0.2, 0.25) is 5.91 Å². The Morgan fingerprint density at radius 2 is 2.00 bits per heavy atom. The minimum absolute atomic E-state index is 0. The smallest absolute Gasteiger partial charge is 0.253 e. The van der Waals surface area contributed by atoms with Gasteiger partial charge in [0.05, 0.1) is 17.1 Å². The van der Waals surface area contributed by atoms with Crippen molar-refractivity contribution in [3.8, 4) is 0 Å². The molecule has 0 aliphatic rings. The molecule has 1 aromatic carbocycles. The van der Waals surface area contributed by atoms with Gasteiger partial charge in [-0.1, -0.05) is 18.5 Å². The van der Waals surface area contributed by atoms with Gasteiger partial charge in [-0.05, 0) is 24.6 Å². The highest BCUT2D eigenvalue weighted by molar-refractivity contribution is 6.34. The van der Waals surface area contributed by atoms with E-state index >= 15 is 0 Å². The van der Waals surface area contributed by atoms with E-state index in [1.54, 1.807) is 6.07 Å². The molecule has 106 valence electrons. The zero-order valence-electron chi connectivity index (χ0n) is 10.5. The number of carbonyl (C=O) groups excluding carboxylic acids is 2. The number of carbonyl (C=O) groups is 2. The number of halogens is 2. The molecule has 0 aliphatic carbocycles. The third-order valence-corrected chi connectivity index (χ3v) is 2.53. The SMILES string of the molecule is CCCNC(=O)CNC(=O)c1ccc(N)cc1Cl.Cl. The summed E-state index contributed by atoms with van der Waals surface area (Å²) >= 11 is 5.88. The van der Waals surface area contributed by atoms with E-state index < -0.39 is 5.91 Å². The van der Waals surface area contributed by atoms with E-state index in [4.69, 9.17) is 17.3 Å². The van der Waals surface area contributed by atoms with Gasteiger partial charge >= 0.3 is 0 Å². The van der Waals surface area contributed by atoms with Crippen LogP contribution in [0.25, 0.3) is 0 Å². The molecule has 1 rings (SSSR count). The lowest BCUT2D eigenvalue weighted by atomic mass is 10.2. The van der Waals surface area contributed by atoms with Crippen LogP contribution in [-0.4, -0.2) is 24.9 Å². The highest BCUT2D eigenvalue weighted by Crippen LogP contribution is 2.18. The average molecular weight is 306 g/mol. The Morgan fingerprint density at radius 3 is 2.58 bits per heavy atom. The molecule has 0 aliphatic heterocycles. The first-order valence-electron chi connectivity index (χ1n) is 5.64. The summed E-state index contributed by atoms with van der Waals surface area (Å²) in [6, 6.07) is 4.60. The zero-order valence-corrected chi connectivity index (χ0v) is 12.1. The van der Waals surface area contributed by atoms with Crippen LogP contribution in [0.2, 0.25) is 5.02 Å². The number of anilines is 1. The first-order chi connectivity index (χ1) is 8.54. The fourth-order valence-electron chi connectivity index (χ4n) is 1.30. The minimum Gasteiger partial charge on any atom is -0.399 e. The van der Waals surface area contributed by atoms with E-state index in [1.807, 2.05) is 6.92 Å². The number of amides is 2. The first-order valence-corrected chi connectivity index (χ1v) is 6.02. The predicted octanol–water partition coefficient (Wildman–Crippen LogP) is 1.60. The molecular formula is C12H17Cl2N3O2. The maximum absolute atomic E-state index is 11.7. The lowest BCUT2D eigenvalue weighted by Gasteiger charge is -2.07. The fourth-order valence-corrected chi connectivity index (χ4v) is 1.57. The molecular weight excluding hydrogens is 289 g/mol. The maximum Gasteiger partial charge on any atom is 0.253 e. The third kappa shape index (κ3) is 5.81. The summed E-state index contributed by atoms with van der Waals surface area (Å²) in [6.45, 7) is 2.48. The standard InChI is InChI=1S/C12H16ClN3O2.ClH/c1-2-5-15-11(17)7-16-12(18)9-4-3-8(14)6-10(9)13;/h3-4,6H,2,5,7,14H2,1H3,(H,15,17)(H,16,18);1H. The maximum atomic E-state index is 11.7. The molecule has 0 saturated heterocycles. The molecule has 0 bridgehead atoms. The van der Waals surface area contributed by atoms with Gasteiger partial charge in [0.1, 0.15) is 0 Å². The van der Waals surface area contributed by atoms with Crippen LogP contribution < -0.4 is 16.4 Å². The van der Waals surface area contributed by atoms with Crippen molar-refractivity contribution in [2.75, 3.05) is 18.8 Å². The molecule has 0 heterocycles. The number of nitrogens with two attached hydrogens (primary N) is 1. The van der Waals surface area contributed by atoms with Gasteiger partial charge in [-0.2, -0.15) is 0 Å². The number of hydrogen-bond donors (Lipinski definition) is 3. The molecule has 0 radical (unpaired) electrons. The van der Waals surface area contributed by atoms with Gasteiger partial charge < -0.3 is 16.4 Å². The molecule has 0 saturated carbocycles. The summed E-state index contributed by atoms with van der Waals surface area (Å²) in [7, 11) is 0. The van der Waals surface area contributed by atoms with E-state index in [0.29, 0.717) is 17.8 Å². The van der Waals surface area contributed by atoms with Crippen LogP contribution in [0.1, 0.15) is 23.7 Å². The predicted molar refractivity (Wildman–Crippen MR) is 78.7 cm³/mol. The van der Waals surface area contributed by atoms with E-state index in [0.717, 1.165) is 6.42 Å². The normalized spacial score (nSPS) is 9.37. The molecule has 0 unspecified atom stereocenters. The molecule has 0 fully saturated rings. The van der Waals surface area contributed by atoms with Crippen molar-refractivity contribution in [1.29, 1.82) is 0 Å². The van der Waals surface area contributed by atoms with Crippen molar-refractivity contribution in [3.05, 3.63) is 28.8 Å². The Bertz CT molecular complexity index is 453. The van der Waals surface area contributed by atoms with E-state index in [2.05, 4.69) is 10.6 Å². The summed E-state index contributed by atoms with van der Waals surface area (Å²) < 4.78 is 0. The largest absolute Gasteiger partial charge is 0.399 e. The fraction of sp³-hybridized carbons (Fsp3) is 0.333. The van der Waals surface area contributed by atoms with Crippen LogP contribution in [-0.2, 0) is 4.79 Å². The van der Waals surface area contributed by atoms with Crippen LogP contribution in [0.15, 0.2) is 18.2 Å². The zero-order chi connectivity index (χ0) is 13.5. The lowest BCUT2D eigenvalue weighted by molar-refractivity contribution is -0.120. The monoisotopic (exact) mass is 305 g/mol. The summed E-state index contributed by atoms with van der Waals surface area (Å²) in [4.78, 5) is 23.0. The molecule has 0 spiro atoms. The number of nitrogen functional groups attached to an aromatic ring is 1. The van der Waals surface area contributed by atoms with Gasteiger partial charge in [-0.25, -0.2) is 0 Å². The summed E-state index contributed by atoms with van der Waals surface area (Å²) in [6.07, 6.45) is 0.851. The van der Waals surface area contributed by atoms with Crippen LogP contribution in [0.3, 0.4) is 0 Å². The number of hydrogen-bond acceptors (Lipinski definition) is 3. The van der Waals surface area contributed by atoms with Crippen LogP contribution >= 0.6 is 24.0 Å². The molecule has 19 heavy (non-hydrogen) atoms. The minimum atomic E-state index is -0.397. The Balaban J connectivity index is 0.00000324. The van der Waals surface area contributed by atoms with Gasteiger partial charge in [-0.3, -0.25) is 9.59 Å². The molecule has 4 N–H and O–H groups in total. The first kappa shape index (κ1) is 17.5. The Hall–Kier alpha value is -1.46. The second-order valence-corrected chi connectivity index (χ2v) is 4.18. The Labute approximate surface area is 123 Å². The van der Waals surface area contributed by atoms with E-state index in [1.165, 1.54) is 12.1 Å². The van der Waals surface area contributed by atoms with Crippen molar-refractivity contribution in [3.63, 3.8) is 0 Å². The van der Waals surface area contributed by atoms with Gasteiger partial charge in [-0.15, -0.1) is 12.4 Å². The van der Waals surface area contributed by atoms with Crippen molar-refractivity contribution < 1.29 is 9.59 Å². The van der Waals surface area contributed by atoms with Crippen molar-refractivity contribution in [2.24, 2.45) is 0 Å². The quantitative estimate of drug-likeness (QED) is 0.722. The van der Waals surface area contributed by atoms with Crippen molar-refractivity contribution >= 4 is 41.5 Å². The van der Waals surface area contributed by atoms with Gasteiger partial charge in [0, 0.05) is 12.2 Å². The molecule has 2 amide bonds. The van der Waals surface area contributed by atoms with Crippen molar-refractivity contribution in [2.45, 2.75) is 13.3 Å². The van der Waals surface area contributed by atoms with Crippen LogP contribution in [0.5, 0.6) is 0 Å². The van der Waals surface area contributed by atoms with E-state index in [-0.39, 0.29) is 29.9 Å². The molecule has 0 aromatic heterocycles. The third-order valence-electron chi connectivity index (χ3n) is 2.22. The summed E-state index contributed by atoms with van der Waals surface area (Å²) in [5.41, 5.74) is 6.31. The Kier molecular flexibility index (Phi) is 7.95. The molecule has 7 heteroatoms. The molecule has 0 atom stereocenters. The van der Waals surface area contributed by atoms with Crippen molar-refractivity contribution in [1.82, 2.24) is 10.6 Å². The van der Waals surface area contributed by atoms with Gasteiger partial charge in [0.25, 0.3) is 5.91 Å². The van der Waals surface area contributed by atoms with Crippen LogP contribution in [0, 0.1) is 0 Å².